The summed E-state index contributed by atoms with van der Waals surface area (Å²) in [6.45, 7) is 8.20. The highest BCUT2D eigenvalue weighted by molar-refractivity contribution is 4.92. The Morgan fingerprint density at radius 1 is 1.37 bits per heavy atom. The second kappa shape index (κ2) is 9.01. The van der Waals surface area contributed by atoms with Gasteiger partial charge in [0.05, 0.1) is 6.61 Å². The predicted molar refractivity (Wildman–Crippen MR) is 72.0 cm³/mol. The van der Waals surface area contributed by atoms with E-state index in [1.54, 1.807) is 7.11 Å². The molecule has 1 rings (SSSR count). The lowest BCUT2D eigenvalue weighted by Gasteiger charge is -2.15. The largest absolute Gasteiger partial charge is 0.383 e. The zero-order chi connectivity index (χ0) is 14.1. The zero-order valence-electron chi connectivity index (χ0n) is 12.3. The maximum atomic E-state index is 5.43. The fraction of sp³-hybridized carbons (Fsp3) is 0.846. The first-order valence-corrected chi connectivity index (χ1v) is 6.87. The van der Waals surface area contributed by atoms with Crippen molar-refractivity contribution in [1.82, 2.24) is 15.5 Å². The van der Waals surface area contributed by atoms with E-state index in [0.717, 1.165) is 13.0 Å². The summed E-state index contributed by atoms with van der Waals surface area (Å²) in [5.74, 6) is 1.22. The minimum atomic E-state index is -0.132. The Bertz CT molecular complexity index is 344. The summed E-state index contributed by atoms with van der Waals surface area (Å²) in [4.78, 5) is 4.36. The molecule has 1 aromatic heterocycles. The van der Waals surface area contributed by atoms with Gasteiger partial charge in [-0.15, -0.1) is 0 Å². The summed E-state index contributed by atoms with van der Waals surface area (Å²) in [5, 5.41) is 7.35. The Kier molecular flexibility index (Phi) is 7.62. The van der Waals surface area contributed by atoms with E-state index >= 15 is 0 Å². The zero-order valence-corrected chi connectivity index (χ0v) is 12.3. The lowest BCUT2D eigenvalue weighted by molar-refractivity contribution is 0.0683. The van der Waals surface area contributed by atoms with Crippen molar-refractivity contribution in [1.29, 1.82) is 0 Å². The topological polar surface area (TPSA) is 69.4 Å². The predicted octanol–water partition coefficient (Wildman–Crippen LogP) is 1.72. The highest BCUT2D eigenvalue weighted by Gasteiger charge is 2.17. The quantitative estimate of drug-likeness (QED) is 0.699. The van der Waals surface area contributed by atoms with Crippen LogP contribution in [0.1, 0.15) is 45.0 Å². The van der Waals surface area contributed by atoms with E-state index in [2.05, 4.69) is 22.4 Å². The van der Waals surface area contributed by atoms with Crippen LogP contribution in [0.15, 0.2) is 4.52 Å². The molecule has 0 aliphatic heterocycles. The molecule has 2 unspecified atom stereocenters. The van der Waals surface area contributed by atoms with Gasteiger partial charge < -0.3 is 19.3 Å². The van der Waals surface area contributed by atoms with Crippen molar-refractivity contribution in [3.8, 4) is 0 Å². The first-order chi connectivity index (χ1) is 9.21. The van der Waals surface area contributed by atoms with E-state index in [4.69, 9.17) is 14.0 Å². The first kappa shape index (κ1) is 16.1. The van der Waals surface area contributed by atoms with Gasteiger partial charge in [0.2, 0.25) is 5.89 Å². The van der Waals surface area contributed by atoms with Crippen LogP contribution in [0, 0.1) is 0 Å². The van der Waals surface area contributed by atoms with Gasteiger partial charge in [-0.2, -0.15) is 4.98 Å². The van der Waals surface area contributed by atoms with Crippen LogP contribution in [0.4, 0.5) is 0 Å². The van der Waals surface area contributed by atoms with Crippen LogP contribution in [-0.4, -0.2) is 43.1 Å². The molecule has 0 saturated carbocycles. The number of nitrogens with zero attached hydrogens (tertiary/aromatic N) is 2. The normalized spacial score (nSPS) is 14.5. The molecule has 0 spiro atoms. The second-order valence-electron chi connectivity index (χ2n) is 4.45. The Morgan fingerprint density at radius 3 is 2.79 bits per heavy atom. The number of hydrogen-bond acceptors (Lipinski definition) is 6. The van der Waals surface area contributed by atoms with Crippen molar-refractivity contribution < 1.29 is 14.0 Å². The van der Waals surface area contributed by atoms with Crippen LogP contribution < -0.4 is 5.32 Å². The Morgan fingerprint density at radius 2 is 2.16 bits per heavy atom. The molecular formula is C13H25N3O3. The van der Waals surface area contributed by atoms with E-state index < -0.39 is 0 Å². The van der Waals surface area contributed by atoms with Crippen molar-refractivity contribution in [2.75, 3.05) is 26.9 Å². The van der Waals surface area contributed by atoms with Crippen molar-refractivity contribution in [3.63, 3.8) is 0 Å². The first-order valence-electron chi connectivity index (χ1n) is 6.87. The number of rotatable bonds is 10. The molecule has 0 radical (unpaired) electrons. The van der Waals surface area contributed by atoms with Gasteiger partial charge in [-0.05, 0) is 26.8 Å². The maximum absolute atomic E-state index is 5.43. The Hall–Kier alpha value is -0.980. The van der Waals surface area contributed by atoms with Crippen LogP contribution in [0.3, 0.4) is 0 Å². The average molecular weight is 271 g/mol. The van der Waals surface area contributed by atoms with Gasteiger partial charge in [0.25, 0.3) is 0 Å². The molecule has 0 aromatic carbocycles. The van der Waals surface area contributed by atoms with Crippen molar-refractivity contribution >= 4 is 0 Å². The summed E-state index contributed by atoms with van der Waals surface area (Å²) >= 11 is 0. The molecule has 0 amide bonds. The molecule has 0 fully saturated rings. The monoisotopic (exact) mass is 271 g/mol. The number of methoxy groups -OCH3 is 1. The van der Waals surface area contributed by atoms with E-state index in [1.165, 1.54) is 0 Å². The standard InChI is InChI=1S/C13H25N3O3/c1-5-7-14-11(9-17-4)8-12-15-13(16-19-12)10(3)18-6-2/h10-11,14H,5-9H2,1-4H3. The minimum absolute atomic E-state index is 0.132. The van der Waals surface area contributed by atoms with Gasteiger partial charge in [0, 0.05) is 26.2 Å². The van der Waals surface area contributed by atoms with Crippen LogP contribution in [-0.2, 0) is 15.9 Å². The second-order valence-corrected chi connectivity index (χ2v) is 4.45. The molecular weight excluding hydrogens is 246 g/mol. The highest BCUT2D eigenvalue weighted by atomic mass is 16.5. The lowest BCUT2D eigenvalue weighted by atomic mass is 10.2. The van der Waals surface area contributed by atoms with Crippen molar-refractivity contribution in [3.05, 3.63) is 11.7 Å². The highest BCUT2D eigenvalue weighted by Crippen LogP contribution is 2.13. The van der Waals surface area contributed by atoms with Crippen LogP contribution in [0.25, 0.3) is 0 Å². The molecule has 0 aliphatic carbocycles. The number of hydrogen-bond donors (Lipinski definition) is 1. The summed E-state index contributed by atoms with van der Waals surface area (Å²) in [6, 6.07) is 0.195. The van der Waals surface area contributed by atoms with Crippen LogP contribution >= 0.6 is 0 Å². The van der Waals surface area contributed by atoms with Crippen molar-refractivity contribution in [2.24, 2.45) is 0 Å². The molecule has 6 heteroatoms. The fourth-order valence-electron chi connectivity index (χ4n) is 1.79. The van der Waals surface area contributed by atoms with Crippen LogP contribution in [0.5, 0.6) is 0 Å². The van der Waals surface area contributed by atoms with E-state index in [9.17, 15) is 0 Å². The molecule has 6 nitrogen and oxygen atoms in total. The number of ether oxygens (including phenoxy) is 2. The Balaban J connectivity index is 2.54. The third-order valence-corrected chi connectivity index (χ3v) is 2.74. The molecule has 0 aliphatic rings. The van der Waals surface area contributed by atoms with Gasteiger partial charge in [0.1, 0.15) is 6.10 Å². The summed E-state index contributed by atoms with van der Waals surface area (Å²) in [5.41, 5.74) is 0. The molecule has 0 bridgehead atoms. The fourth-order valence-corrected chi connectivity index (χ4v) is 1.79. The van der Waals surface area contributed by atoms with Gasteiger partial charge in [-0.3, -0.25) is 0 Å². The lowest BCUT2D eigenvalue weighted by Crippen LogP contribution is -2.35. The average Bonchev–Trinajstić information content (AvgIpc) is 2.85. The third kappa shape index (κ3) is 5.67. The number of aromatic nitrogens is 2. The van der Waals surface area contributed by atoms with Gasteiger partial charge in [-0.1, -0.05) is 12.1 Å². The van der Waals surface area contributed by atoms with E-state index in [0.29, 0.717) is 31.3 Å². The van der Waals surface area contributed by atoms with E-state index in [1.807, 2.05) is 13.8 Å². The number of nitrogens with one attached hydrogen (secondary N) is 1. The molecule has 2 atom stereocenters. The van der Waals surface area contributed by atoms with Crippen molar-refractivity contribution in [2.45, 2.75) is 45.8 Å². The van der Waals surface area contributed by atoms with Gasteiger partial charge in [0.15, 0.2) is 5.82 Å². The SMILES string of the molecule is CCCNC(COC)Cc1nc(C(C)OCC)no1. The summed E-state index contributed by atoms with van der Waals surface area (Å²) in [7, 11) is 1.69. The summed E-state index contributed by atoms with van der Waals surface area (Å²) in [6.07, 6.45) is 1.61. The molecule has 1 N–H and O–H groups in total. The summed E-state index contributed by atoms with van der Waals surface area (Å²) < 4.78 is 15.9. The Labute approximate surface area is 114 Å². The van der Waals surface area contributed by atoms with Crippen LogP contribution in [0.2, 0.25) is 0 Å². The molecule has 0 saturated heterocycles. The molecule has 19 heavy (non-hydrogen) atoms. The maximum Gasteiger partial charge on any atom is 0.228 e. The smallest absolute Gasteiger partial charge is 0.228 e. The van der Waals surface area contributed by atoms with E-state index in [-0.39, 0.29) is 12.1 Å². The molecule has 110 valence electrons. The van der Waals surface area contributed by atoms with Gasteiger partial charge >= 0.3 is 0 Å². The van der Waals surface area contributed by atoms with Gasteiger partial charge in [-0.25, -0.2) is 0 Å². The molecule has 1 aromatic rings. The molecule has 1 heterocycles. The minimum Gasteiger partial charge on any atom is -0.383 e. The third-order valence-electron chi connectivity index (χ3n) is 2.74.